The lowest BCUT2D eigenvalue weighted by molar-refractivity contribution is -0.252. The van der Waals surface area contributed by atoms with Crippen LogP contribution in [0, 0.1) is 0 Å². The highest BCUT2D eigenvalue weighted by atomic mass is 16.8. The summed E-state index contributed by atoms with van der Waals surface area (Å²) in [5, 5.41) is 0. The highest BCUT2D eigenvalue weighted by Gasteiger charge is 2.56. The van der Waals surface area contributed by atoms with Gasteiger partial charge >= 0.3 is 17.9 Å². The molecule has 8 nitrogen and oxygen atoms in total. The van der Waals surface area contributed by atoms with Crippen molar-refractivity contribution < 1.29 is 38.1 Å². The summed E-state index contributed by atoms with van der Waals surface area (Å²) >= 11 is 0. The lowest BCUT2D eigenvalue weighted by atomic mass is 10.00. The van der Waals surface area contributed by atoms with E-state index in [0.29, 0.717) is 19.3 Å². The van der Waals surface area contributed by atoms with Crippen LogP contribution in [0.3, 0.4) is 0 Å². The quantitative estimate of drug-likeness (QED) is 0.447. The van der Waals surface area contributed by atoms with E-state index in [4.69, 9.17) is 23.7 Å². The molecule has 2 aliphatic heterocycles. The number of esters is 3. The topological polar surface area (TPSA) is 97.4 Å². The van der Waals surface area contributed by atoms with Crippen LogP contribution in [-0.2, 0) is 38.1 Å². The van der Waals surface area contributed by atoms with Crippen LogP contribution in [0.2, 0.25) is 0 Å². The molecule has 0 radical (unpaired) electrons. The molecule has 2 fully saturated rings. The van der Waals surface area contributed by atoms with Gasteiger partial charge in [-0.15, -0.1) is 0 Å². The molecule has 2 heterocycles. The predicted molar refractivity (Wildman–Crippen MR) is 89.0 cm³/mol. The fourth-order valence-corrected chi connectivity index (χ4v) is 2.98. The Morgan fingerprint density at radius 1 is 0.769 bits per heavy atom. The Bertz CT molecular complexity index is 471. The van der Waals surface area contributed by atoms with Crippen LogP contribution in [0.1, 0.15) is 59.3 Å². The van der Waals surface area contributed by atoms with Crippen molar-refractivity contribution in [2.75, 3.05) is 6.61 Å². The fraction of sp³-hybridized carbons (Fsp3) is 0.833. The molecule has 0 unspecified atom stereocenters. The zero-order valence-electron chi connectivity index (χ0n) is 15.6. The Balaban J connectivity index is 2.19. The van der Waals surface area contributed by atoms with Crippen LogP contribution in [0.15, 0.2) is 0 Å². The maximum Gasteiger partial charge on any atom is 0.306 e. The van der Waals surface area contributed by atoms with Crippen LogP contribution in [-0.4, -0.2) is 55.2 Å². The number of hydrogen-bond acceptors (Lipinski definition) is 8. The molecule has 0 aromatic carbocycles. The second kappa shape index (κ2) is 9.87. The molecule has 2 aliphatic rings. The van der Waals surface area contributed by atoms with Gasteiger partial charge in [0.1, 0.15) is 6.10 Å². The lowest BCUT2D eigenvalue weighted by Gasteiger charge is -2.39. The lowest BCUT2D eigenvalue weighted by Crippen LogP contribution is -2.58. The van der Waals surface area contributed by atoms with Crippen molar-refractivity contribution in [1.82, 2.24) is 0 Å². The summed E-state index contributed by atoms with van der Waals surface area (Å²) in [5.74, 6) is -1.29. The van der Waals surface area contributed by atoms with Crippen molar-refractivity contribution in [3.63, 3.8) is 0 Å². The SMILES string of the molecule is CCCC(=O)O[C@H]1[C@@H](OC(=O)CCC)[C@H]2CO[C@H](O2)[C@@H]1OC(=O)CCC. The molecule has 5 atom stereocenters. The smallest absolute Gasteiger partial charge is 0.306 e. The first-order chi connectivity index (χ1) is 12.5. The van der Waals surface area contributed by atoms with Gasteiger partial charge in [0.15, 0.2) is 24.6 Å². The number of rotatable bonds is 9. The third-order valence-corrected chi connectivity index (χ3v) is 4.18. The van der Waals surface area contributed by atoms with Gasteiger partial charge in [-0.05, 0) is 19.3 Å². The Labute approximate surface area is 153 Å². The largest absolute Gasteiger partial charge is 0.455 e. The van der Waals surface area contributed by atoms with Crippen LogP contribution in [0.5, 0.6) is 0 Å². The molecule has 0 aliphatic carbocycles. The van der Waals surface area contributed by atoms with Gasteiger partial charge in [-0.25, -0.2) is 0 Å². The second-order valence-electron chi connectivity index (χ2n) is 6.49. The number of ether oxygens (including phenoxy) is 5. The first-order valence-corrected chi connectivity index (χ1v) is 9.35. The highest BCUT2D eigenvalue weighted by molar-refractivity contribution is 5.71. The van der Waals surface area contributed by atoms with Crippen molar-refractivity contribution in [1.29, 1.82) is 0 Å². The highest BCUT2D eigenvalue weighted by Crippen LogP contribution is 2.34. The Hall–Kier alpha value is -1.67. The molecule has 2 saturated heterocycles. The van der Waals surface area contributed by atoms with Crippen molar-refractivity contribution in [3.05, 3.63) is 0 Å². The first-order valence-electron chi connectivity index (χ1n) is 9.35. The van der Waals surface area contributed by atoms with E-state index >= 15 is 0 Å². The predicted octanol–water partition coefficient (Wildman–Crippen LogP) is 1.88. The van der Waals surface area contributed by atoms with E-state index in [2.05, 4.69) is 0 Å². The second-order valence-corrected chi connectivity index (χ2v) is 6.49. The van der Waals surface area contributed by atoms with E-state index in [1.54, 1.807) is 0 Å². The van der Waals surface area contributed by atoms with Gasteiger partial charge in [-0.2, -0.15) is 0 Å². The minimum atomic E-state index is -0.965. The van der Waals surface area contributed by atoms with E-state index in [0.717, 1.165) is 0 Å². The average molecular weight is 372 g/mol. The Morgan fingerprint density at radius 3 is 1.73 bits per heavy atom. The van der Waals surface area contributed by atoms with E-state index < -0.39 is 48.6 Å². The molecule has 0 spiro atoms. The van der Waals surface area contributed by atoms with Crippen LogP contribution >= 0.6 is 0 Å². The van der Waals surface area contributed by atoms with Gasteiger partial charge < -0.3 is 23.7 Å². The van der Waals surface area contributed by atoms with Crippen molar-refractivity contribution in [3.8, 4) is 0 Å². The summed E-state index contributed by atoms with van der Waals surface area (Å²) in [5.41, 5.74) is 0. The summed E-state index contributed by atoms with van der Waals surface area (Å²) in [6.07, 6.45) is -1.61. The first kappa shape index (κ1) is 20.6. The molecule has 26 heavy (non-hydrogen) atoms. The van der Waals surface area contributed by atoms with Gasteiger partial charge in [-0.1, -0.05) is 20.8 Å². The normalized spacial score (nSPS) is 29.9. The van der Waals surface area contributed by atoms with E-state index in [-0.39, 0.29) is 25.9 Å². The van der Waals surface area contributed by atoms with Crippen molar-refractivity contribution in [2.45, 2.75) is 90.0 Å². The van der Waals surface area contributed by atoms with E-state index in [1.165, 1.54) is 0 Å². The summed E-state index contributed by atoms with van der Waals surface area (Å²) in [7, 11) is 0. The van der Waals surface area contributed by atoms with Crippen LogP contribution < -0.4 is 0 Å². The van der Waals surface area contributed by atoms with E-state index in [9.17, 15) is 14.4 Å². The molecule has 2 bridgehead atoms. The van der Waals surface area contributed by atoms with Gasteiger partial charge in [0.25, 0.3) is 0 Å². The minimum Gasteiger partial charge on any atom is -0.455 e. The molecule has 148 valence electrons. The summed E-state index contributed by atoms with van der Waals surface area (Å²) in [4.78, 5) is 36.1. The number of carbonyl (C=O) groups excluding carboxylic acids is 3. The van der Waals surface area contributed by atoms with Crippen molar-refractivity contribution in [2.24, 2.45) is 0 Å². The summed E-state index contributed by atoms with van der Waals surface area (Å²) < 4.78 is 27.7. The number of fused-ring (bicyclic) bond motifs is 2. The summed E-state index contributed by atoms with van der Waals surface area (Å²) in [6, 6.07) is 0. The standard InChI is InChI=1S/C18H28O8/c1-4-7-12(19)24-15-11-10-22-18(23-11)17(26-14(21)9-6-3)16(15)25-13(20)8-5-2/h11,15-18H,4-10H2,1-3H3/t11-,15+,16+,17-,18-/m1/s1. The molecule has 0 saturated carbocycles. The zero-order valence-corrected chi connectivity index (χ0v) is 15.6. The molecular weight excluding hydrogens is 344 g/mol. The minimum absolute atomic E-state index is 0.179. The monoisotopic (exact) mass is 372 g/mol. The molecule has 0 aromatic heterocycles. The fourth-order valence-electron chi connectivity index (χ4n) is 2.98. The molecule has 8 heteroatoms. The third kappa shape index (κ3) is 5.17. The molecule has 0 N–H and O–H groups in total. The molecular formula is C18H28O8. The third-order valence-electron chi connectivity index (χ3n) is 4.18. The van der Waals surface area contributed by atoms with Gasteiger partial charge in [0.2, 0.25) is 0 Å². The molecule has 2 rings (SSSR count). The van der Waals surface area contributed by atoms with Crippen LogP contribution in [0.4, 0.5) is 0 Å². The average Bonchev–Trinajstić information content (AvgIpc) is 3.01. The van der Waals surface area contributed by atoms with Crippen molar-refractivity contribution >= 4 is 17.9 Å². The molecule has 0 amide bonds. The summed E-state index contributed by atoms with van der Waals surface area (Å²) in [6.45, 7) is 5.75. The zero-order chi connectivity index (χ0) is 19.1. The number of hydrogen-bond donors (Lipinski definition) is 0. The van der Waals surface area contributed by atoms with Gasteiger partial charge in [0, 0.05) is 19.3 Å². The number of carbonyl (C=O) groups is 3. The van der Waals surface area contributed by atoms with Gasteiger partial charge in [-0.3, -0.25) is 14.4 Å². The maximum atomic E-state index is 12.1. The molecule has 0 aromatic rings. The van der Waals surface area contributed by atoms with Gasteiger partial charge in [0.05, 0.1) is 6.61 Å². The van der Waals surface area contributed by atoms with E-state index in [1.807, 2.05) is 20.8 Å². The van der Waals surface area contributed by atoms with Crippen LogP contribution in [0.25, 0.3) is 0 Å². The Morgan fingerprint density at radius 2 is 1.23 bits per heavy atom. The Kier molecular flexibility index (Phi) is 7.84. The maximum absolute atomic E-state index is 12.1.